The van der Waals surface area contributed by atoms with E-state index in [9.17, 15) is 10.1 Å². The van der Waals surface area contributed by atoms with Crippen LogP contribution in [0.25, 0.3) is 0 Å². The maximum absolute atomic E-state index is 11.0. The van der Waals surface area contributed by atoms with Crippen LogP contribution in [0.4, 0.5) is 5.69 Å². The van der Waals surface area contributed by atoms with Gasteiger partial charge in [-0.3, -0.25) is 10.1 Å². The summed E-state index contributed by atoms with van der Waals surface area (Å²) < 4.78 is 5.49. The van der Waals surface area contributed by atoms with Crippen LogP contribution in [0.15, 0.2) is 42.5 Å². The van der Waals surface area contributed by atoms with Gasteiger partial charge in [0.05, 0.1) is 16.6 Å². The Bertz CT molecular complexity index is 673. The van der Waals surface area contributed by atoms with Crippen LogP contribution in [0.3, 0.4) is 0 Å². The number of aryl methyl sites for hydroxylation is 1. The van der Waals surface area contributed by atoms with Crippen LogP contribution in [-0.2, 0) is 6.61 Å². The van der Waals surface area contributed by atoms with E-state index in [-0.39, 0.29) is 18.0 Å². The van der Waals surface area contributed by atoms with Crippen LogP contribution < -0.4 is 4.74 Å². The van der Waals surface area contributed by atoms with E-state index in [1.54, 1.807) is 43.3 Å². The molecule has 0 saturated carbocycles. The molecule has 0 aliphatic rings. The van der Waals surface area contributed by atoms with Crippen LogP contribution >= 0.6 is 0 Å². The van der Waals surface area contributed by atoms with Crippen molar-refractivity contribution >= 4 is 5.69 Å². The van der Waals surface area contributed by atoms with Crippen molar-refractivity contribution in [1.29, 1.82) is 5.26 Å². The first-order valence-corrected chi connectivity index (χ1v) is 5.97. The number of nitro groups is 1. The molecule has 0 amide bonds. The van der Waals surface area contributed by atoms with Gasteiger partial charge in [0.2, 0.25) is 0 Å². The lowest BCUT2D eigenvalue weighted by Gasteiger charge is -2.07. The Morgan fingerprint density at radius 2 is 1.95 bits per heavy atom. The van der Waals surface area contributed by atoms with Gasteiger partial charge >= 0.3 is 5.69 Å². The normalized spacial score (nSPS) is 9.80. The fourth-order valence-corrected chi connectivity index (χ4v) is 1.73. The first-order valence-electron chi connectivity index (χ1n) is 5.97. The van der Waals surface area contributed by atoms with Crippen LogP contribution in [0.5, 0.6) is 5.75 Å². The number of hydrogen-bond acceptors (Lipinski definition) is 4. The van der Waals surface area contributed by atoms with Gasteiger partial charge in [-0.05, 0) is 36.2 Å². The fraction of sp³-hybridized carbons (Fsp3) is 0.133. The number of nitriles is 1. The second-order valence-electron chi connectivity index (χ2n) is 4.33. The standard InChI is InChI=1S/C15H12N2O3/c1-11-2-7-15(14(8-11)17(18)19)20-10-13-5-3-12(9-16)4-6-13/h2-8H,10H2,1H3. The predicted molar refractivity (Wildman–Crippen MR) is 73.3 cm³/mol. The minimum absolute atomic E-state index is 0.0429. The molecule has 0 saturated heterocycles. The quantitative estimate of drug-likeness (QED) is 0.629. The van der Waals surface area contributed by atoms with Crippen molar-refractivity contribution < 1.29 is 9.66 Å². The van der Waals surface area contributed by atoms with E-state index in [1.165, 1.54) is 6.07 Å². The van der Waals surface area contributed by atoms with Crippen molar-refractivity contribution in [2.75, 3.05) is 0 Å². The van der Waals surface area contributed by atoms with Crippen LogP contribution in [0, 0.1) is 28.4 Å². The highest BCUT2D eigenvalue weighted by molar-refractivity contribution is 5.48. The Morgan fingerprint density at radius 3 is 2.55 bits per heavy atom. The first-order chi connectivity index (χ1) is 9.60. The molecule has 2 aromatic rings. The monoisotopic (exact) mass is 268 g/mol. The average molecular weight is 268 g/mol. The van der Waals surface area contributed by atoms with E-state index < -0.39 is 4.92 Å². The molecule has 0 radical (unpaired) electrons. The van der Waals surface area contributed by atoms with Crippen molar-refractivity contribution in [2.24, 2.45) is 0 Å². The van der Waals surface area contributed by atoms with Crippen molar-refractivity contribution in [3.8, 4) is 11.8 Å². The highest BCUT2D eigenvalue weighted by Gasteiger charge is 2.15. The van der Waals surface area contributed by atoms with E-state index in [4.69, 9.17) is 10.00 Å². The molecule has 0 unspecified atom stereocenters. The molecule has 2 aromatic carbocycles. The summed E-state index contributed by atoms with van der Waals surface area (Å²) in [5, 5.41) is 19.7. The molecule has 5 heteroatoms. The number of nitro benzene ring substituents is 1. The van der Waals surface area contributed by atoms with Gasteiger partial charge in [0.1, 0.15) is 6.61 Å². The molecule has 0 aliphatic carbocycles. The summed E-state index contributed by atoms with van der Waals surface area (Å²) in [6.07, 6.45) is 0. The maximum Gasteiger partial charge on any atom is 0.311 e. The minimum atomic E-state index is -0.457. The summed E-state index contributed by atoms with van der Waals surface area (Å²) in [6, 6.07) is 13.8. The molecular formula is C15H12N2O3. The highest BCUT2D eigenvalue weighted by atomic mass is 16.6. The Labute approximate surface area is 116 Å². The van der Waals surface area contributed by atoms with Crippen molar-refractivity contribution in [1.82, 2.24) is 0 Å². The third kappa shape index (κ3) is 3.12. The SMILES string of the molecule is Cc1ccc(OCc2ccc(C#N)cc2)c([N+](=O)[O-])c1. The second-order valence-corrected chi connectivity index (χ2v) is 4.33. The zero-order valence-electron chi connectivity index (χ0n) is 10.9. The lowest BCUT2D eigenvalue weighted by atomic mass is 10.1. The molecule has 0 heterocycles. The summed E-state index contributed by atoms with van der Waals surface area (Å²) in [6.45, 7) is 2.01. The van der Waals surface area contributed by atoms with Crippen molar-refractivity contribution in [3.63, 3.8) is 0 Å². The smallest absolute Gasteiger partial charge is 0.311 e. The second kappa shape index (κ2) is 5.85. The molecule has 0 spiro atoms. The molecule has 100 valence electrons. The lowest BCUT2D eigenvalue weighted by molar-refractivity contribution is -0.386. The highest BCUT2D eigenvalue weighted by Crippen LogP contribution is 2.28. The zero-order chi connectivity index (χ0) is 14.5. The van der Waals surface area contributed by atoms with Crippen molar-refractivity contribution in [3.05, 3.63) is 69.3 Å². The minimum Gasteiger partial charge on any atom is -0.482 e. The van der Waals surface area contributed by atoms with Gasteiger partial charge in [-0.15, -0.1) is 0 Å². The summed E-state index contributed by atoms with van der Waals surface area (Å²) in [5.41, 5.74) is 2.18. The molecule has 0 bridgehead atoms. The van der Waals surface area contributed by atoms with E-state index in [0.717, 1.165) is 11.1 Å². The van der Waals surface area contributed by atoms with Gasteiger partial charge < -0.3 is 4.74 Å². The van der Waals surface area contributed by atoms with Gasteiger partial charge in [0.25, 0.3) is 0 Å². The fourth-order valence-electron chi connectivity index (χ4n) is 1.73. The van der Waals surface area contributed by atoms with Crippen LogP contribution in [0.2, 0.25) is 0 Å². The average Bonchev–Trinajstić information content (AvgIpc) is 2.46. The molecular weight excluding hydrogens is 256 g/mol. The summed E-state index contributed by atoms with van der Waals surface area (Å²) in [4.78, 5) is 10.5. The van der Waals surface area contributed by atoms with Crippen LogP contribution in [-0.4, -0.2) is 4.92 Å². The van der Waals surface area contributed by atoms with E-state index in [2.05, 4.69) is 0 Å². The molecule has 0 fully saturated rings. The molecule has 5 nitrogen and oxygen atoms in total. The largest absolute Gasteiger partial charge is 0.482 e. The molecule has 0 atom stereocenters. The number of ether oxygens (including phenoxy) is 1. The Kier molecular flexibility index (Phi) is 3.96. The predicted octanol–water partition coefficient (Wildman–Crippen LogP) is 3.35. The van der Waals surface area contributed by atoms with Gasteiger partial charge in [-0.1, -0.05) is 18.2 Å². The number of nitrogens with zero attached hydrogens (tertiary/aromatic N) is 2. The molecule has 0 aromatic heterocycles. The van der Waals surface area contributed by atoms with Crippen LogP contribution in [0.1, 0.15) is 16.7 Å². The molecule has 20 heavy (non-hydrogen) atoms. The molecule has 0 aliphatic heterocycles. The van der Waals surface area contributed by atoms with Crippen molar-refractivity contribution in [2.45, 2.75) is 13.5 Å². The zero-order valence-corrected chi connectivity index (χ0v) is 10.9. The van der Waals surface area contributed by atoms with E-state index in [1.807, 2.05) is 6.07 Å². The Balaban J connectivity index is 2.14. The van der Waals surface area contributed by atoms with Gasteiger partial charge in [0, 0.05) is 6.07 Å². The summed E-state index contributed by atoms with van der Waals surface area (Å²) >= 11 is 0. The van der Waals surface area contributed by atoms with E-state index >= 15 is 0 Å². The third-order valence-corrected chi connectivity index (χ3v) is 2.79. The lowest BCUT2D eigenvalue weighted by Crippen LogP contribution is -1.99. The molecule has 0 N–H and O–H groups in total. The number of rotatable bonds is 4. The number of benzene rings is 2. The Morgan fingerprint density at radius 1 is 1.25 bits per heavy atom. The molecule has 2 rings (SSSR count). The summed E-state index contributed by atoms with van der Waals surface area (Å²) in [7, 11) is 0. The van der Waals surface area contributed by atoms with Gasteiger partial charge in [0.15, 0.2) is 5.75 Å². The Hall–Kier alpha value is -2.87. The topological polar surface area (TPSA) is 76.2 Å². The third-order valence-electron chi connectivity index (χ3n) is 2.79. The first kappa shape index (κ1) is 13.6. The summed E-state index contributed by atoms with van der Waals surface area (Å²) in [5.74, 6) is 0.241. The van der Waals surface area contributed by atoms with Gasteiger partial charge in [-0.2, -0.15) is 5.26 Å². The van der Waals surface area contributed by atoms with Gasteiger partial charge in [-0.25, -0.2) is 0 Å². The number of hydrogen-bond donors (Lipinski definition) is 0. The van der Waals surface area contributed by atoms with E-state index in [0.29, 0.717) is 5.56 Å². The maximum atomic E-state index is 11.0.